The monoisotopic (exact) mass is 1390 g/mol. The van der Waals surface area contributed by atoms with Crippen LogP contribution in [0.15, 0.2) is 158 Å². The highest BCUT2D eigenvalue weighted by atomic mass is 31.0. The van der Waals surface area contributed by atoms with Crippen molar-refractivity contribution in [2.24, 2.45) is 47.2 Å². The summed E-state index contributed by atoms with van der Waals surface area (Å²) in [6.07, 6.45) is 12.0. The van der Waals surface area contributed by atoms with E-state index in [9.17, 15) is 102 Å². The summed E-state index contributed by atoms with van der Waals surface area (Å²) in [6.45, 7) is 1.31. The third kappa shape index (κ3) is 22.2. The molecule has 3 aromatic rings. The number of ether oxygens (including phenoxy) is 1. The van der Waals surface area contributed by atoms with Crippen LogP contribution in [0.2, 0.25) is 0 Å². The molecule has 10 aliphatic rings. The van der Waals surface area contributed by atoms with E-state index >= 15 is 0 Å². The van der Waals surface area contributed by atoms with Crippen LogP contribution in [0.25, 0.3) is 0 Å². The summed E-state index contributed by atoms with van der Waals surface area (Å²) in [7, 11) is 3.17. The molecule has 5 fully saturated rings. The highest BCUT2D eigenvalue weighted by Gasteiger charge is 2.68. The van der Waals surface area contributed by atoms with E-state index in [0.717, 1.165) is 133 Å². The first-order valence-electron chi connectivity index (χ1n) is 27.6. The number of esters is 2. The van der Waals surface area contributed by atoms with Crippen LogP contribution >= 0.6 is 19.8 Å². The zero-order valence-corrected chi connectivity index (χ0v) is 53.6. The lowest BCUT2D eigenvalue weighted by molar-refractivity contribution is -0.151. The number of hydrogen-bond donors (Lipinski definition) is 6. The van der Waals surface area contributed by atoms with Crippen molar-refractivity contribution < 1.29 is 107 Å². The Morgan fingerprint density at radius 3 is 1.04 bits per heavy atom. The van der Waals surface area contributed by atoms with E-state index in [2.05, 4.69) is 51.2 Å². The molecule has 514 valence electrons. The smallest absolute Gasteiger partial charge is 0.387 e. The molecular weight excluding hydrogens is 1330 g/mol. The van der Waals surface area contributed by atoms with Gasteiger partial charge >= 0.3 is 30.5 Å². The van der Waals surface area contributed by atoms with Crippen LogP contribution in [0.3, 0.4) is 0 Å². The number of hydrazine groups is 5. The summed E-state index contributed by atoms with van der Waals surface area (Å²) < 4.78 is 115. The van der Waals surface area contributed by atoms with Crippen molar-refractivity contribution in [1.82, 2.24) is 41.7 Å². The van der Waals surface area contributed by atoms with Crippen molar-refractivity contribution in [1.29, 1.82) is 0 Å². The number of hydrogen-bond acceptors (Lipinski definition) is 18. The van der Waals surface area contributed by atoms with Crippen LogP contribution in [0.5, 0.6) is 0 Å². The zero-order valence-electron chi connectivity index (χ0n) is 50.8. The molecule has 0 radical (unpaired) electrons. The van der Waals surface area contributed by atoms with E-state index in [1.165, 1.54) is 38.3 Å². The van der Waals surface area contributed by atoms with Crippen LogP contribution in [-0.2, 0) is 71.2 Å². The van der Waals surface area contributed by atoms with Gasteiger partial charge in [-0.3, -0.25) is 74.9 Å². The van der Waals surface area contributed by atoms with E-state index in [4.69, 9.17) is 5.84 Å². The molecule has 13 rings (SSSR count). The quantitative estimate of drug-likeness (QED) is 0.0204. The first kappa shape index (κ1) is 80.5. The number of carbonyl (C=O) groups excluding carboxylic acids is 13. The number of amides is 10. The van der Waals surface area contributed by atoms with Gasteiger partial charge in [-0.05, 0) is 124 Å². The molecule has 4 unspecified atom stereocenters. The Kier molecular flexibility index (Phi) is 29.9. The number of nitrogens with zero attached hydrogens (tertiary/aromatic N) is 4. The maximum Gasteiger partial charge on any atom is 0.416 e. The molecule has 3 aromatic carbocycles. The molecule has 24 nitrogen and oxygen atoms in total. The second kappa shape index (κ2) is 35.6. The Bertz CT molecular complexity index is 3530. The molecule has 96 heavy (non-hydrogen) atoms. The number of Topliss-reactive ketones (excluding diaryl/α,β-unsaturated/α-hetero) is 1. The minimum absolute atomic E-state index is 0. The van der Waals surface area contributed by atoms with Gasteiger partial charge in [-0.1, -0.05) is 48.6 Å². The van der Waals surface area contributed by atoms with Gasteiger partial charge in [0.25, 0.3) is 59.1 Å². The average molecular weight is 1390 g/mol. The number of cyclic esters (lactones) is 2. The third-order valence-corrected chi connectivity index (χ3v) is 14.3. The first-order valence-corrected chi connectivity index (χ1v) is 27.6. The van der Waals surface area contributed by atoms with Crippen LogP contribution in [0.4, 0.5) is 39.5 Å². The lowest BCUT2D eigenvalue weighted by Crippen LogP contribution is -2.46. The van der Waals surface area contributed by atoms with Gasteiger partial charge in [-0.2, -0.15) is 69.3 Å². The summed E-state index contributed by atoms with van der Waals surface area (Å²) in [5.41, 5.74) is 6.65. The standard InChI is InChI=1S/C19H17F3N2O3.C12H7F3N2O3.C9H7F3O.C7H8.C5H6N2O2.C4H4N2O2.C4H2O3.CH6N2.2H3P/c20-19(21,22)9-3-1-8(2-4-9)16(25)23-24-17(26)14-10-5-6-11(13-7-12(10)13)15(14)18(24)27;13-12(14,15)8-3-1-7(2-4-8)11(20)16-17-9(18)5-6-10(17)19;1-6(13)7-2-4-8(5-3-7)9(10,11)12;1-2-4-6-7-5-3-1;1-6-7-4(8)2-3-5(7)9;5-6-3(7)1-2-4(6)8;5-3-1-2-4(6)7-3;1-3-2;;/h1-4,10-15H,5-7H2,(H,23,25);1-6H,(H,16,20);2-5H,1H3;1-6H,7H2;2-3,6H,1H3;1-2H,5H2;1-2H;3H,2H2,1H3;2*1H3/t10?,11?,12-,13+,14+,15-;;;;;;;;;. The summed E-state index contributed by atoms with van der Waals surface area (Å²) in [6, 6.07) is 11.2. The number of nitrogens with one attached hydrogen (secondary N) is 4. The number of allylic oxidation sites excluding steroid dienone is 6. The number of alkyl halides is 9. The fraction of sp³-hybridized carbons (Fsp3) is 0.262. The van der Waals surface area contributed by atoms with Crippen molar-refractivity contribution in [3.8, 4) is 0 Å². The molecule has 5 aliphatic heterocycles. The number of nitrogens with two attached hydrogens (primary N) is 2. The Hall–Kier alpha value is -9.78. The van der Waals surface area contributed by atoms with E-state index in [1.807, 2.05) is 17.6 Å². The molecule has 0 aromatic heterocycles. The molecule has 1 saturated heterocycles. The molecule has 4 saturated carbocycles. The maximum absolute atomic E-state index is 12.8. The van der Waals surface area contributed by atoms with Gasteiger partial charge in [0.15, 0.2) is 5.78 Å². The predicted octanol–water partition coefficient (Wildman–Crippen LogP) is 5.52. The van der Waals surface area contributed by atoms with Crippen LogP contribution in [0, 0.1) is 35.5 Å². The Morgan fingerprint density at radius 2 is 0.771 bits per heavy atom. The molecule has 8 atom stereocenters. The van der Waals surface area contributed by atoms with E-state index in [0.29, 0.717) is 21.9 Å². The van der Waals surface area contributed by atoms with E-state index in [1.54, 1.807) is 7.05 Å². The lowest BCUT2D eigenvalue weighted by Gasteiger charge is -2.42. The Labute approximate surface area is 546 Å². The summed E-state index contributed by atoms with van der Waals surface area (Å²) in [5.74, 6) is 3.51. The van der Waals surface area contributed by atoms with Crippen LogP contribution < -0.4 is 33.4 Å². The van der Waals surface area contributed by atoms with Crippen LogP contribution in [0.1, 0.15) is 80.4 Å². The molecule has 0 spiro atoms. The molecule has 8 N–H and O–H groups in total. The minimum atomic E-state index is -4.50. The van der Waals surface area contributed by atoms with E-state index in [-0.39, 0.29) is 89.6 Å². The normalized spacial score (nSPS) is 20.8. The van der Waals surface area contributed by atoms with Crippen molar-refractivity contribution >= 4 is 96.6 Å². The number of halogens is 9. The van der Waals surface area contributed by atoms with Gasteiger partial charge < -0.3 is 4.74 Å². The Morgan fingerprint density at radius 1 is 0.458 bits per heavy atom. The molecule has 10 amide bonds. The summed E-state index contributed by atoms with van der Waals surface area (Å²) in [4.78, 5) is 144. The fourth-order valence-electron chi connectivity index (χ4n) is 9.86. The van der Waals surface area contributed by atoms with Gasteiger partial charge in [0.1, 0.15) is 0 Å². The topological polar surface area (TPSA) is 344 Å². The zero-order chi connectivity index (χ0) is 70.0. The molecule has 5 heterocycles. The van der Waals surface area contributed by atoms with Crippen LogP contribution in [-0.4, -0.2) is 111 Å². The van der Waals surface area contributed by atoms with Gasteiger partial charge in [0.05, 0.1) is 28.5 Å². The van der Waals surface area contributed by atoms with Gasteiger partial charge in [0.2, 0.25) is 0 Å². The van der Waals surface area contributed by atoms with Gasteiger partial charge in [-0.25, -0.2) is 30.9 Å². The number of benzene rings is 3. The third-order valence-electron chi connectivity index (χ3n) is 14.3. The second-order valence-corrected chi connectivity index (χ2v) is 20.3. The maximum atomic E-state index is 12.8. The minimum Gasteiger partial charge on any atom is -0.387 e. The largest absolute Gasteiger partial charge is 0.416 e. The van der Waals surface area contributed by atoms with Gasteiger partial charge in [0, 0.05) is 72.3 Å². The van der Waals surface area contributed by atoms with Gasteiger partial charge in [-0.15, -0.1) is 0 Å². The number of fused-ring (bicyclic) bond motifs is 1. The molecule has 35 heteroatoms. The van der Waals surface area contributed by atoms with Crippen molar-refractivity contribution in [3.63, 3.8) is 0 Å². The summed E-state index contributed by atoms with van der Waals surface area (Å²) >= 11 is 0. The number of ketones is 1. The number of imide groups is 4. The SMILES string of the molecule is C1=CC=CCC=C1.CC(=O)c1ccc(C(F)(F)F)cc1.CNN.CNN1C(=O)C=CC1=O.NN1C(=O)C=CC1=O.O=C(NN1C(=O)C=CC1=O)c1ccc(C(F)(F)F)cc1.O=C(NN1C(=O)[C@@H]2C3CCC([C@H]4C[C@@H]34)[C@@H]2C1=O)c1ccc(C(F)(F)F)cc1.O=C1C=CC(=O)O1.P.P. The fourth-order valence-corrected chi connectivity index (χ4v) is 9.86. The number of rotatable bonds is 6. The van der Waals surface area contributed by atoms with E-state index < -0.39 is 82.6 Å². The first-order chi connectivity index (χ1) is 44.1. The highest BCUT2D eigenvalue weighted by Crippen LogP contribution is 2.67. The molecule has 5 aliphatic carbocycles. The second-order valence-electron chi connectivity index (χ2n) is 20.3. The summed E-state index contributed by atoms with van der Waals surface area (Å²) in [5, 5.41) is 2.77. The number of carbonyl (C=O) groups is 13. The van der Waals surface area contributed by atoms with Crippen molar-refractivity contribution in [2.45, 2.75) is 51.1 Å². The van der Waals surface area contributed by atoms with Crippen molar-refractivity contribution in [3.05, 3.63) is 191 Å². The lowest BCUT2D eigenvalue weighted by atomic mass is 9.59. The average Bonchev–Trinajstić information content (AvgIpc) is 1.53. The highest BCUT2D eigenvalue weighted by molar-refractivity contribution is 6.92. The molecular formula is C61H63F9N10O14P2. The molecule has 2 bridgehead atoms. The Balaban J connectivity index is 0.000000308. The predicted molar refractivity (Wildman–Crippen MR) is 330 cm³/mol. The van der Waals surface area contributed by atoms with Crippen molar-refractivity contribution in [2.75, 3.05) is 14.1 Å².